The highest BCUT2D eigenvalue weighted by atomic mass is 32.1. The number of unbranched alkanes of at least 4 members (excludes halogenated alkanes) is 13. The fourth-order valence-electron chi connectivity index (χ4n) is 13.9. The van der Waals surface area contributed by atoms with Gasteiger partial charge in [0.1, 0.15) is 84.4 Å². The normalized spacial score (nSPS) is 22.7. The Morgan fingerprint density at radius 1 is 0.341 bits per heavy atom. The van der Waals surface area contributed by atoms with Crippen LogP contribution in [0.15, 0.2) is 12.2 Å². The van der Waals surface area contributed by atoms with Crippen LogP contribution in [0, 0.1) is 0 Å². The molecule has 0 aromatic heterocycles. The van der Waals surface area contributed by atoms with Crippen LogP contribution < -0.4 is 63.8 Å². The SMILES string of the molecule is CC(=O)NC1C(O)[C@@H](O)C(CO)O[C@H]1OCCCCC(=O)CNCCCNC(=O)CCOCC(COCCC(=O)NCCCNC(=O)CCCCO[C@@H]1OC(CO)[C@H](O)C(O)C1NC(C)=O)(COCCC(=O)NCCCNC(=O)CCCCO[C@@H]1OC(CO)[C@H](O)C(O)C1NC(C)=O)NC(=O)CCCCCCCCCCC(=O)NCCCCCCNC(=O)/C=C/C(C)(C)S. The van der Waals surface area contributed by atoms with Gasteiger partial charge in [0.05, 0.1) is 66.0 Å². The minimum Gasteiger partial charge on any atom is -0.394 e. The molecule has 0 spiro atoms. The number of nitrogens with one attached hydrogen (secondary N) is 12. The maximum Gasteiger partial charge on any atom is 0.243 e. The number of rotatable bonds is 74. The Balaban J connectivity index is 1.58. The molecule has 0 bridgehead atoms. The van der Waals surface area contributed by atoms with Crippen molar-refractivity contribution in [3.63, 3.8) is 0 Å². The second-order valence-corrected chi connectivity index (χ2v) is 34.6. The summed E-state index contributed by atoms with van der Waals surface area (Å²) in [5.41, 5.74) is -1.42. The number of Topliss-reactive ketones (excluding diaryl/α,β-unsaturated/α-hetero) is 1. The number of hydrogen-bond donors (Lipinski definition) is 22. The van der Waals surface area contributed by atoms with Crippen LogP contribution in [0.4, 0.5) is 0 Å². The van der Waals surface area contributed by atoms with E-state index in [4.69, 9.17) is 42.6 Å². The minimum absolute atomic E-state index is 0.0239. The summed E-state index contributed by atoms with van der Waals surface area (Å²) < 4.78 is 52.0. The predicted octanol–water partition coefficient (Wildman–Crippen LogP) is -2.68. The molecule has 15 atom stereocenters. The van der Waals surface area contributed by atoms with E-state index in [1.807, 2.05) is 13.8 Å². The summed E-state index contributed by atoms with van der Waals surface area (Å²) in [6.07, 6.45) is 2.25. The van der Waals surface area contributed by atoms with E-state index in [1.165, 1.54) is 26.8 Å². The molecule has 3 saturated heterocycles. The Morgan fingerprint density at radius 2 is 0.628 bits per heavy atom. The first-order valence-electron chi connectivity index (χ1n) is 45.8. The maximum atomic E-state index is 14.1. The molecule has 43 heteroatoms. The molecule has 129 heavy (non-hydrogen) atoms. The number of ether oxygens (including phenoxy) is 9. The average molecular weight is 1870 g/mol. The molecule has 0 aliphatic carbocycles. The van der Waals surface area contributed by atoms with Gasteiger partial charge in [-0.2, -0.15) is 12.6 Å². The van der Waals surface area contributed by atoms with E-state index in [0.29, 0.717) is 90.3 Å². The Kier molecular flexibility index (Phi) is 62.3. The fraction of sp³-hybridized carbons (Fsp3) is 0.837. The average Bonchev–Trinajstić information content (AvgIpc) is 0.818. The molecular formula is C86H154N12O30S. The van der Waals surface area contributed by atoms with E-state index in [9.17, 15) is 103 Å². The standard InChI is InChI=1S/C86H154N12O30S/c1-58(102)95-73-79(117)76(114)62(52-99)126-82(73)123-45-21-16-27-61(105)51-87-37-24-40-92-69(110)33-48-120-55-86(98-72(113)31-15-11-9-7-6-8-10-14-28-65(106)88-38-19-12-13-20-39-89-68(109)32-36-85(4,5)129,56-121-49-34-70(111)93-43-25-41-90-66(107)29-17-22-46-124-83-74(96-59(2)103)80(118)77(115)63(53-100)127-83)57-122-50-35-71(112)94-44-26-42-91-67(108)30-18-23-47-125-84-75(97-60(3)104)81(119)78(116)64(54-101)128-84/h32,36,62-64,73-84,87,99-101,114-119,129H,6-31,33-35,37-57H2,1-5H3,(H,88,106)(H,89,109)(H,90,107)(H,91,108)(H,92,110)(H,93,111)(H,94,112)(H,95,102)(H,96,103)(H,97,104)(H,98,113)/b36-32+/t62?,63?,64?,73?,74?,75?,76-,77-,78-,79?,80?,81?,82+,83+,84+,86?/m0/s1. The Bertz CT molecular complexity index is 3140. The number of thiol groups is 1. The second-order valence-electron chi connectivity index (χ2n) is 33.4. The zero-order valence-electron chi connectivity index (χ0n) is 76.2. The van der Waals surface area contributed by atoms with Gasteiger partial charge in [-0.25, -0.2) is 0 Å². The number of carbonyl (C=O) groups is 12. The molecule has 21 N–H and O–H groups in total. The summed E-state index contributed by atoms with van der Waals surface area (Å²) in [5.74, 6) is -3.62. The molecule has 3 fully saturated rings. The highest BCUT2D eigenvalue weighted by Gasteiger charge is 2.48. The van der Waals surface area contributed by atoms with E-state index in [2.05, 4.69) is 76.4 Å². The molecule has 42 nitrogen and oxygen atoms in total. The number of hydrogen-bond acceptors (Lipinski definition) is 32. The van der Waals surface area contributed by atoms with Gasteiger partial charge in [0, 0.05) is 149 Å². The van der Waals surface area contributed by atoms with Crippen molar-refractivity contribution in [2.45, 2.75) is 323 Å². The second kappa shape index (κ2) is 69.1. The van der Waals surface area contributed by atoms with Gasteiger partial charge in [-0.1, -0.05) is 57.4 Å². The van der Waals surface area contributed by atoms with E-state index in [1.54, 1.807) is 6.08 Å². The predicted molar refractivity (Wildman–Crippen MR) is 472 cm³/mol. The summed E-state index contributed by atoms with van der Waals surface area (Å²) in [5, 5.41) is 125. The van der Waals surface area contributed by atoms with E-state index in [-0.39, 0.29) is 201 Å². The summed E-state index contributed by atoms with van der Waals surface area (Å²) in [6.45, 7) is 7.67. The Morgan fingerprint density at radius 3 is 0.961 bits per heavy atom. The van der Waals surface area contributed by atoms with Crippen molar-refractivity contribution in [3.05, 3.63) is 12.2 Å². The Hall–Kier alpha value is -6.83. The smallest absolute Gasteiger partial charge is 0.243 e. The number of aliphatic hydroxyl groups is 9. The van der Waals surface area contributed by atoms with E-state index in [0.717, 1.165) is 70.6 Å². The maximum absolute atomic E-state index is 14.1. The van der Waals surface area contributed by atoms with Crippen molar-refractivity contribution in [1.82, 2.24) is 63.8 Å². The number of amides is 11. The molecule has 0 aromatic rings. The minimum atomic E-state index is -1.46. The molecule has 0 saturated carbocycles. The summed E-state index contributed by atoms with van der Waals surface area (Å²) in [7, 11) is 0. The molecule has 9 unspecified atom stereocenters. The van der Waals surface area contributed by atoms with Gasteiger partial charge in [0.15, 0.2) is 18.9 Å². The van der Waals surface area contributed by atoms with Crippen LogP contribution >= 0.6 is 12.6 Å². The molecule has 3 rings (SSSR count). The zero-order valence-corrected chi connectivity index (χ0v) is 77.1. The van der Waals surface area contributed by atoms with Gasteiger partial charge in [-0.3, -0.25) is 57.5 Å². The molecule has 744 valence electrons. The lowest BCUT2D eigenvalue weighted by Crippen LogP contribution is -2.64. The lowest BCUT2D eigenvalue weighted by molar-refractivity contribution is -0.270. The van der Waals surface area contributed by atoms with E-state index >= 15 is 0 Å². The number of carbonyl (C=O) groups excluding carboxylic acids is 12. The topological polar surface area (TPSA) is 614 Å². The molecule has 0 aromatic carbocycles. The van der Waals surface area contributed by atoms with Crippen LogP contribution in [0.3, 0.4) is 0 Å². The quantitative estimate of drug-likeness (QED) is 0.0168. The highest BCUT2D eigenvalue weighted by Crippen LogP contribution is 2.27. The van der Waals surface area contributed by atoms with Gasteiger partial charge in [0.25, 0.3) is 0 Å². The van der Waals surface area contributed by atoms with Gasteiger partial charge in [-0.05, 0) is 104 Å². The van der Waals surface area contributed by atoms with Gasteiger partial charge < -0.3 is 152 Å². The molecular weight excluding hydrogens is 1710 g/mol. The van der Waals surface area contributed by atoms with Crippen molar-refractivity contribution in [2.24, 2.45) is 0 Å². The van der Waals surface area contributed by atoms with E-state index < -0.39 is 135 Å². The van der Waals surface area contributed by atoms with Crippen molar-refractivity contribution in [1.29, 1.82) is 0 Å². The third-order valence-electron chi connectivity index (χ3n) is 21.1. The van der Waals surface area contributed by atoms with Crippen molar-refractivity contribution in [3.8, 4) is 0 Å². The molecule has 3 aliphatic rings. The van der Waals surface area contributed by atoms with Gasteiger partial charge in [0.2, 0.25) is 65.0 Å². The lowest BCUT2D eigenvalue weighted by atomic mass is 9.97. The number of ketones is 1. The van der Waals surface area contributed by atoms with Crippen LogP contribution in [0.1, 0.15) is 221 Å². The first-order valence-corrected chi connectivity index (χ1v) is 46.3. The van der Waals surface area contributed by atoms with Crippen molar-refractivity contribution >= 4 is 83.4 Å². The monoisotopic (exact) mass is 1870 g/mol. The molecule has 3 aliphatic heterocycles. The Labute approximate surface area is 763 Å². The first-order chi connectivity index (χ1) is 61.7. The van der Waals surface area contributed by atoms with Crippen LogP contribution in [-0.4, -0.2) is 357 Å². The van der Waals surface area contributed by atoms with Gasteiger partial charge in [-0.15, -0.1) is 0 Å². The van der Waals surface area contributed by atoms with Crippen LogP contribution in [0.2, 0.25) is 0 Å². The third-order valence-corrected chi connectivity index (χ3v) is 21.2. The van der Waals surface area contributed by atoms with Crippen LogP contribution in [0.25, 0.3) is 0 Å². The number of aliphatic hydroxyl groups excluding tert-OH is 9. The van der Waals surface area contributed by atoms with Crippen LogP contribution in [-0.2, 0) is 100 Å². The largest absolute Gasteiger partial charge is 0.394 e. The van der Waals surface area contributed by atoms with Crippen LogP contribution in [0.5, 0.6) is 0 Å². The van der Waals surface area contributed by atoms with Crippen molar-refractivity contribution in [2.75, 3.05) is 138 Å². The zero-order chi connectivity index (χ0) is 95.2. The summed E-state index contributed by atoms with van der Waals surface area (Å²) >= 11 is 4.39. The lowest BCUT2D eigenvalue weighted by Gasteiger charge is -2.42. The summed E-state index contributed by atoms with van der Waals surface area (Å²) in [6, 6.07) is -3.28. The highest BCUT2D eigenvalue weighted by molar-refractivity contribution is 7.82. The first kappa shape index (κ1) is 116. The summed E-state index contributed by atoms with van der Waals surface area (Å²) in [4.78, 5) is 151. The molecule has 0 radical (unpaired) electrons. The van der Waals surface area contributed by atoms with Crippen molar-refractivity contribution < 1.29 is 146 Å². The molecule has 3 heterocycles. The van der Waals surface area contributed by atoms with Gasteiger partial charge >= 0.3 is 0 Å². The fourth-order valence-corrected chi connectivity index (χ4v) is 14.0. The third kappa shape index (κ3) is 53.6. The molecule has 11 amide bonds.